The average molecular weight is 248 g/mol. The van der Waals surface area contributed by atoms with Gasteiger partial charge in [-0.2, -0.15) is 0 Å². The number of hydrogen-bond acceptors (Lipinski definition) is 3. The number of ether oxygens (including phenoxy) is 1. The predicted molar refractivity (Wildman–Crippen MR) is 69.7 cm³/mol. The minimum atomic E-state index is 0.0431. The molecule has 0 amide bonds. The van der Waals surface area contributed by atoms with Crippen molar-refractivity contribution >= 4 is 5.78 Å². The quantitative estimate of drug-likeness (QED) is 0.642. The van der Waals surface area contributed by atoms with Crippen molar-refractivity contribution in [1.82, 2.24) is 0 Å². The van der Waals surface area contributed by atoms with E-state index in [9.17, 15) is 4.79 Å². The van der Waals surface area contributed by atoms with Crippen LogP contribution in [0.3, 0.4) is 0 Å². The second kappa shape index (κ2) is 6.66. The molecule has 0 heterocycles. The lowest BCUT2D eigenvalue weighted by Gasteiger charge is -2.13. The summed E-state index contributed by atoms with van der Waals surface area (Å²) in [6, 6.07) is 7.92. The minimum Gasteiger partial charge on any atom is -0.394 e. The van der Waals surface area contributed by atoms with E-state index in [2.05, 4.69) is 6.07 Å². The molecule has 1 atom stereocenters. The number of carbonyl (C=O) groups excluding carboxylic acids is 1. The molecule has 18 heavy (non-hydrogen) atoms. The number of ketones is 1. The number of fused-ring (bicyclic) bond motifs is 1. The highest BCUT2D eigenvalue weighted by Gasteiger charge is 2.24. The highest BCUT2D eigenvalue weighted by molar-refractivity contribution is 5.99. The van der Waals surface area contributed by atoms with Gasteiger partial charge in [-0.05, 0) is 31.2 Å². The van der Waals surface area contributed by atoms with Gasteiger partial charge >= 0.3 is 0 Å². The summed E-state index contributed by atoms with van der Waals surface area (Å²) < 4.78 is 5.26. The lowest BCUT2D eigenvalue weighted by molar-refractivity contribution is 0.0724. The van der Waals surface area contributed by atoms with Crippen LogP contribution in [-0.2, 0) is 11.2 Å². The zero-order valence-electron chi connectivity index (χ0n) is 10.6. The summed E-state index contributed by atoms with van der Waals surface area (Å²) in [7, 11) is 0. The maximum absolute atomic E-state index is 12.4. The second-order valence-electron chi connectivity index (χ2n) is 4.74. The Bertz CT molecular complexity index is 400. The molecule has 0 aromatic heterocycles. The fourth-order valence-corrected chi connectivity index (χ4v) is 2.54. The molecule has 1 N–H and O–H groups in total. The summed E-state index contributed by atoms with van der Waals surface area (Å²) in [4.78, 5) is 12.4. The first-order valence-corrected chi connectivity index (χ1v) is 6.63. The van der Waals surface area contributed by atoms with Gasteiger partial charge in [-0.25, -0.2) is 0 Å². The molecule has 1 aromatic rings. The lowest BCUT2D eigenvalue weighted by Crippen LogP contribution is -2.16. The number of benzene rings is 1. The molecule has 3 heteroatoms. The minimum absolute atomic E-state index is 0.0431. The smallest absolute Gasteiger partial charge is 0.166 e. The van der Waals surface area contributed by atoms with E-state index in [1.165, 1.54) is 5.56 Å². The first kappa shape index (κ1) is 13.2. The molecule has 1 unspecified atom stereocenters. The molecule has 0 fully saturated rings. The van der Waals surface area contributed by atoms with Crippen LogP contribution in [0.15, 0.2) is 24.3 Å². The zero-order chi connectivity index (χ0) is 12.8. The highest BCUT2D eigenvalue weighted by atomic mass is 16.5. The van der Waals surface area contributed by atoms with Crippen molar-refractivity contribution in [1.29, 1.82) is 0 Å². The van der Waals surface area contributed by atoms with Crippen LogP contribution < -0.4 is 0 Å². The molecule has 98 valence electrons. The lowest BCUT2D eigenvalue weighted by atomic mass is 9.93. The third-order valence-corrected chi connectivity index (χ3v) is 3.50. The number of aliphatic hydroxyl groups excluding tert-OH is 1. The molecule has 0 spiro atoms. The Morgan fingerprint density at radius 1 is 1.28 bits per heavy atom. The van der Waals surface area contributed by atoms with E-state index in [1.54, 1.807) is 0 Å². The van der Waals surface area contributed by atoms with Gasteiger partial charge in [0.2, 0.25) is 0 Å². The van der Waals surface area contributed by atoms with E-state index in [0.29, 0.717) is 13.2 Å². The van der Waals surface area contributed by atoms with Crippen LogP contribution in [0, 0.1) is 5.92 Å². The van der Waals surface area contributed by atoms with Crippen LogP contribution in [0.4, 0.5) is 0 Å². The molecule has 3 nitrogen and oxygen atoms in total. The van der Waals surface area contributed by atoms with Gasteiger partial charge in [-0.1, -0.05) is 24.3 Å². The fourth-order valence-electron chi connectivity index (χ4n) is 2.54. The van der Waals surface area contributed by atoms with Crippen LogP contribution in [0.5, 0.6) is 0 Å². The monoisotopic (exact) mass is 248 g/mol. The van der Waals surface area contributed by atoms with Gasteiger partial charge in [0.25, 0.3) is 0 Å². The summed E-state index contributed by atoms with van der Waals surface area (Å²) >= 11 is 0. The Morgan fingerprint density at radius 2 is 2.11 bits per heavy atom. The van der Waals surface area contributed by atoms with Crippen molar-refractivity contribution in [2.75, 3.05) is 19.8 Å². The number of hydrogen-bond donors (Lipinski definition) is 1. The molecule has 0 saturated heterocycles. The van der Waals surface area contributed by atoms with Crippen LogP contribution in [-0.4, -0.2) is 30.7 Å². The number of rotatable bonds is 5. The summed E-state index contributed by atoms with van der Waals surface area (Å²) in [5, 5.41) is 8.64. The van der Waals surface area contributed by atoms with E-state index >= 15 is 0 Å². The topological polar surface area (TPSA) is 46.5 Å². The molecule has 0 bridgehead atoms. The van der Waals surface area contributed by atoms with Crippen molar-refractivity contribution in [3.05, 3.63) is 35.4 Å². The normalized spacial score (nSPS) is 19.4. The zero-order valence-corrected chi connectivity index (χ0v) is 10.6. The third kappa shape index (κ3) is 3.18. The molecule has 0 aliphatic heterocycles. The first-order chi connectivity index (χ1) is 8.83. The summed E-state index contributed by atoms with van der Waals surface area (Å²) in [6.07, 6.45) is 3.76. The fraction of sp³-hybridized carbons (Fsp3) is 0.533. The maximum Gasteiger partial charge on any atom is 0.166 e. The van der Waals surface area contributed by atoms with Crippen molar-refractivity contribution in [2.24, 2.45) is 5.92 Å². The van der Waals surface area contributed by atoms with Gasteiger partial charge in [0.1, 0.15) is 0 Å². The molecule has 0 saturated carbocycles. The SMILES string of the molecule is O=C1c2ccccc2CCCC1CCOCCO. The third-order valence-electron chi connectivity index (χ3n) is 3.50. The van der Waals surface area contributed by atoms with Crippen LogP contribution in [0.2, 0.25) is 0 Å². The molecular weight excluding hydrogens is 228 g/mol. The molecule has 1 aromatic carbocycles. The Kier molecular flexibility index (Phi) is 4.90. The predicted octanol–water partition coefficient (Wildman–Crippen LogP) is 2.22. The number of carbonyl (C=O) groups is 1. The summed E-state index contributed by atoms with van der Waals surface area (Å²) in [5.74, 6) is 0.336. The van der Waals surface area contributed by atoms with Gasteiger partial charge in [0.05, 0.1) is 13.2 Å². The van der Waals surface area contributed by atoms with Gasteiger partial charge in [0.15, 0.2) is 5.78 Å². The van der Waals surface area contributed by atoms with Gasteiger partial charge in [0, 0.05) is 18.1 Å². The second-order valence-corrected chi connectivity index (χ2v) is 4.74. The van der Waals surface area contributed by atoms with Gasteiger partial charge in [-0.15, -0.1) is 0 Å². The van der Waals surface area contributed by atoms with E-state index < -0.39 is 0 Å². The number of aryl methyl sites for hydroxylation is 1. The van der Waals surface area contributed by atoms with Crippen LogP contribution in [0.25, 0.3) is 0 Å². The molecule has 1 aliphatic rings. The van der Waals surface area contributed by atoms with Crippen molar-refractivity contribution in [3.8, 4) is 0 Å². The number of aliphatic hydroxyl groups is 1. The molecule has 2 rings (SSSR count). The van der Waals surface area contributed by atoms with Gasteiger partial charge in [-0.3, -0.25) is 4.79 Å². The van der Waals surface area contributed by atoms with E-state index in [1.807, 2.05) is 18.2 Å². The standard InChI is InChI=1S/C15H20O3/c16-9-11-18-10-8-13-6-3-5-12-4-1-2-7-14(12)15(13)17/h1-2,4,7,13,16H,3,5-6,8-11H2. The molecule has 0 radical (unpaired) electrons. The van der Waals surface area contributed by atoms with E-state index in [0.717, 1.165) is 31.2 Å². The summed E-state index contributed by atoms with van der Waals surface area (Å²) in [5.41, 5.74) is 2.07. The van der Waals surface area contributed by atoms with E-state index in [-0.39, 0.29) is 18.3 Å². The van der Waals surface area contributed by atoms with E-state index in [4.69, 9.17) is 9.84 Å². The van der Waals surface area contributed by atoms with Crippen molar-refractivity contribution in [2.45, 2.75) is 25.7 Å². The number of Topliss-reactive ketones (excluding diaryl/α,β-unsaturated/α-hetero) is 1. The van der Waals surface area contributed by atoms with Crippen molar-refractivity contribution in [3.63, 3.8) is 0 Å². The van der Waals surface area contributed by atoms with Crippen molar-refractivity contribution < 1.29 is 14.6 Å². The highest BCUT2D eigenvalue weighted by Crippen LogP contribution is 2.26. The first-order valence-electron chi connectivity index (χ1n) is 6.63. The molecule has 1 aliphatic carbocycles. The largest absolute Gasteiger partial charge is 0.394 e. The Morgan fingerprint density at radius 3 is 2.94 bits per heavy atom. The van der Waals surface area contributed by atoms with Crippen LogP contribution >= 0.6 is 0 Å². The Hall–Kier alpha value is -1.19. The Balaban J connectivity index is 1.99. The van der Waals surface area contributed by atoms with Gasteiger partial charge < -0.3 is 9.84 Å². The molecular formula is C15H20O3. The van der Waals surface area contributed by atoms with Crippen LogP contribution in [0.1, 0.15) is 35.2 Å². The maximum atomic E-state index is 12.4. The Labute approximate surface area is 108 Å². The average Bonchev–Trinajstić information content (AvgIpc) is 2.56. The summed E-state index contributed by atoms with van der Waals surface area (Å²) in [6.45, 7) is 0.956.